The third-order valence-electron chi connectivity index (χ3n) is 6.33. The van der Waals surface area contributed by atoms with Crippen molar-refractivity contribution in [3.63, 3.8) is 0 Å². The molecule has 1 amide bonds. The van der Waals surface area contributed by atoms with Gasteiger partial charge in [0.1, 0.15) is 6.04 Å². The summed E-state index contributed by atoms with van der Waals surface area (Å²) in [6.07, 6.45) is 2.49. The number of benzene rings is 2. The molecule has 2 aromatic rings. The lowest BCUT2D eigenvalue weighted by Gasteiger charge is -2.39. The lowest BCUT2D eigenvalue weighted by Crippen LogP contribution is -2.42. The van der Waals surface area contributed by atoms with Crippen LogP contribution in [0.2, 0.25) is 0 Å². The van der Waals surface area contributed by atoms with Crippen molar-refractivity contribution in [2.24, 2.45) is 5.41 Å². The van der Waals surface area contributed by atoms with Crippen LogP contribution in [0.25, 0.3) is 10.8 Å². The zero-order valence-electron chi connectivity index (χ0n) is 15.7. The Balaban J connectivity index is 1.41. The summed E-state index contributed by atoms with van der Waals surface area (Å²) in [5.74, 6) is -1.00. The van der Waals surface area contributed by atoms with Crippen molar-refractivity contribution in [1.29, 1.82) is 0 Å². The summed E-state index contributed by atoms with van der Waals surface area (Å²) in [7, 11) is 0. The Morgan fingerprint density at radius 2 is 1.81 bits per heavy atom. The van der Waals surface area contributed by atoms with E-state index in [1.807, 2.05) is 0 Å². The minimum atomic E-state index is -0.874. The largest absolute Gasteiger partial charge is 0.480 e. The van der Waals surface area contributed by atoms with Gasteiger partial charge in [-0.25, -0.2) is 4.79 Å². The molecule has 27 heavy (non-hydrogen) atoms. The smallest absolute Gasteiger partial charge is 0.326 e. The number of likely N-dealkylation sites (tertiary alicyclic amines) is 2. The average Bonchev–Trinajstić information content (AvgIpc) is 3.04. The van der Waals surface area contributed by atoms with Gasteiger partial charge in [0, 0.05) is 20.0 Å². The van der Waals surface area contributed by atoms with Gasteiger partial charge in [-0.3, -0.25) is 9.69 Å². The molecule has 0 bridgehead atoms. The number of aliphatic carboxylic acids is 1. The van der Waals surface area contributed by atoms with Gasteiger partial charge in [0.15, 0.2) is 0 Å². The molecule has 0 unspecified atom stereocenters. The minimum absolute atomic E-state index is 0.0331. The first-order valence-electron chi connectivity index (χ1n) is 9.66. The fraction of sp³-hybridized carbons (Fsp3) is 0.455. The molecule has 2 aliphatic rings. The van der Waals surface area contributed by atoms with Crippen LogP contribution in [-0.2, 0) is 16.1 Å². The Bertz CT molecular complexity index is 847. The highest BCUT2D eigenvalue weighted by molar-refractivity contribution is 5.83. The Kier molecular flexibility index (Phi) is 4.64. The molecule has 2 aliphatic heterocycles. The van der Waals surface area contributed by atoms with E-state index in [0.29, 0.717) is 13.0 Å². The zero-order valence-corrected chi connectivity index (χ0v) is 15.7. The van der Waals surface area contributed by atoms with E-state index in [0.717, 1.165) is 32.5 Å². The van der Waals surface area contributed by atoms with Gasteiger partial charge in [-0.05, 0) is 60.2 Å². The summed E-state index contributed by atoms with van der Waals surface area (Å²) in [5.41, 5.74) is 1.28. The summed E-state index contributed by atoms with van der Waals surface area (Å²) in [4.78, 5) is 27.4. The maximum absolute atomic E-state index is 11.9. The summed E-state index contributed by atoms with van der Waals surface area (Å²) in [6, 6.07) is 14.4. The Morgan fingerprint density at radius 3 is 2.44 bits per heavy atom. The fourth-order valence-electron chi connectivity index (χ4n) is 4.75. The molecule has 1 spiro atoms. The van der Waals surface area contributed by atoms with E-state index in [1.54, 1.807) is 4.90 Å². The number of carbonyl (C=O) groups excluding carboxylic acids is 1. The van der Waals surface area contributed by atoms with Crippen LogP contribution >= 0.6 is 0 Å². The highest BCUT2D eigenvalue weighted by Crippen LogP contribution is 2.43. The highest BCUT2D eigenvalue weighted by Gasteiger charge is 2.48. The number of amides is 1. The molecule has 1 N–H and O–H groups in total. The summed E-state index contributed by atoms with van der Waals surface area (Å²) >= 11 is 0. The molecule has 2 fully saturated rings. The van der Waals surface area contributed by atoms with Crippen molar-refractivity contribution in [2.45, 2.75) is 38.8 Å². The minimum Gasteiger partial charge on any atom is -0.480 e. The number of piperidine rings is 1. The van der Waals surface area contributed by atoms with Crippen molar-refractivity contribution in [2.75, 3.05) is 19.6 Å². The molecule has 0 saturated carbocycles. The number of hydrogen-bond acceptors (Lipinski definition) is 3. The van der Waals surface area contributed by atoms with Crippen LogP contribution in [0.3, 0.4) is 0 Å². The third kappa shape index (κ3) is 3.56. The topological polar surface area (TPSA) is 60.9 Å². The summed E-state index contributed by atoms with van der Waals surface area (Å²) in [6.45, 7) is 4.88. The maximum Gasteiger partial charge on any atom is 0.326 e. The standard InChI is InChI=1S/C22H26N2O3/c1-16(25)24-15-22(13-20(24)21(26)27)8-10-23(11-9-22)14-17-6-7-18-4-2-3-5-19(18)12-17/h2-7,12,20H,8-11,13-15H2,1H3,(H,26,27)/t20-/m0/s1. The van der Waals surface area contributed by atoms with Crippen molar-refractivity contribution in [1.82, 2.24) is 9.80 Å². The number of carbonyl (C=O) groups is 2. The van der Waals surface area contributed by atoms with Crippen molar-refractivity contribution in [3.8, 4) is 0 Å². The molecule has 2 heterocycles. The zero-order chi connectivity index (χ0) is 19.0. The number of nitrogens with zero attached hydrogens (tertiary/aromatic N) is 2. The molecule has 2 aromatic carbocycles. The molecular weight excluding hydrogens is 340 g/mol. The van der Waals surface area contributed by atoms with Crippen LogP contribution in [0.4, 0.5) is 0 Å². The molecule has 4 rings (SSSR count). The van der Waals surface area contributed by atoms with E-state index in [2.05, 4.69) is 47.4 Å². The first kappa shape index (κ1) is 18.0. The summed E-state index contributed by atoms with van der Waals surface area (Å²) in [5, 5.41) is 12.0. The third-order valence-corrected chi connectivity index (χ3v) is 6.33. The van der Waals surface area contributed by atoms with Gasteiger partial charge in [-0.1, -0.05) is 36.4 Å². The van der Waals surface area contributed by atoms with E-state index in [9.17, 15) is 14.7 Å². The molecule has 0 radical (unpaired) electrons. The normalized spacial score (nSPS) is 22.4. The molecule has 0 aromatic heterocycles. The fourth-order valence-corrected chi connectivity index (χ4v) is 4.75. The lowest BCUT2D eigenvalue weighted by atomic mass is 9.76. The van der Waals surface area contributed by atoms with Gasteiger partial charge in [0.2, 0.25) is 5.91 Å². The van der Waals surface area contributed by atoms with E-state index in [-0.39, 0.29) is 11.3 Å². The van der Waals surface area contributed by atoms with E-state index < -0.39 is 12.0 Å². The molecule has 0 aliphatic carbocycles. The number of rotatable bonds is 3. The maximum atomic E-state index is 11.9. The van der Waals surface area contributed by atoms with Gasteiger partial charge >= 0.3 is 5.97 Å². The average molecular weight is 366 g/mol. The first-order valence-corrected chi connectivity index (χ1v) is 9.66. The Labute approximate surface area is 159 Å². The van der Waals surface area contributed by atoms with Crippen LogP contribution in [0.1, 0.15) is 31.7 Å². The van der Waals surface area contributed by atoms with Crippen LogP contribution in [0.5, 0.6) is 0 Å². The van der Waals surface area contributed by atoms with Crippen LogP contribution < -0.4 is 0 Å². The van der Waals surface area contributed by atoms with Crippen LogP contribution in [0, 0.1) is 5.41 Å². The number of fused-ring (bicyclic) bond motifs is 1. The second-order valence-electron chi connectivity index (χ2n) is 8.16. The first-order chi connectivity index (χ1) is 13.0. The molecule has 5 heteroatoms. The van der Waals surface area contributed by atoms with Crippen LogP contribution in [-0.4, -0.2) is 52.5 Å². The van der Waals surface area contributed by atoms with E-state index >= 15 is 0 Å². The van der Waals surface area contributed by atoms with E-state index in [4.69, 9.17) is 0 Å². The molecule has 5 nitrogen and oxygen atoms in total. The molecule has 142 valence electrons. The second kappa shape index (κ2) is 6.97. The van der Waals surface area contributed by atoms with Gasteiger partial charge < -0.3 is 10.0 Å². The monoisotopic (exact) mass is 366 g/mol. The van der Waals surface area contributed by atoms with Gasteiger partial charge in [0.05, 0.1) is 0 Å². The predicted octanol–water partition coefficient (Wildman–Crippen LogP) is 3.13. The lowest BCUT2D eigenvalue weighted by molar-refractivity contribution is -0.147. The molecule has 2 saturated heterocycles. The predicted molar refractivity (Wildman–Crippen MR) is 104 cm³/mol. The van der Waals surface area contributed by atoms with Crippen LogP contribution in [0.15, 0.2) is 42.5 Å². The molecule has 1 atom stereocenters. The Morgan fingerprint density at radius 1 is 1.11 bits per heavy atom. The highest BCUT2D eigenvalue weighted by atomic mass is 16.4. The van der Waals surface area contributed by atoms with Crippen molar-refractivity contribution < 1.29 is 14.7 Å². The number of hydrogen-bond donors (Lipinski definition) is 1. The molecular formula is C22H26N2O3. The number of carboxylic acids is 1. The number of carboxylic acid groups (broad SMARTS) is 1. The Hall–Kier alpha value is -2.40. The van der Waals surface area contributed by atoms with Crippen molar-refractivity contribution >= 4 is 22.6 Å². The second-order valence-corrected chi connectivity index (χ2v) is 8.16. The SMILES string of the molecule is CC(=O)N1CC2(CCN(Cc3ccc4ccccc4c3)CC2)C[C@H]1C(=O)O. The van der Waals surface area contributed by atoms with E-state index in [1.165, 1.54) is 23.3 Å². The van der Waals surface area contributed by atoms with Gasteiger partial charge in [0.25, 0.3) is 0 Å². The van der Waals surface area contributed by atoms with Gasteiger partial charge in [-0.15, -0.1) is 0 Å². The van der Waals surface area contributed by atoms with Gasteiger partial charge in [-0.2, -0.15) is 0 Å². The summed E-state index contributed by atoms with van der Waals surface area (Å²) < 4.78 is 0. The van der Waals surface area contributed by atoms with Crippen molar-refractivity contribution in [3.05, 3.63) is 48.0 Å². The quantitative estimate of drug-likeness (QED) is 0.907.